The van der Waals surface area contributed by atoms with Crippen LogP contribution in [0.5, 0.6) is 5.75 Å². The molecule has 0 spiro atoms. The molecule has 2 aromatic heterocycles. The minimum absolute atomic E-state index is 0.0273. The van der Waals surface area contributed by atoms with Gasteiger partial charge in [0.2, 0.25) is 11.9 Å². The number of rotatable bonds is 8. The van der Waals surface area contributed by atoms with Crippen molar-refractivity contribution in [3.05, 3.63) is 82.5 Å². The quantitative estimate of drug-likeness (QED) is 0.243. The number of carbonyl (C=O) groups excluding carboxylic acids is 1. The zero-order chi connectivity index (χ0) is 28.6. The monoisotopic (exact) mass is 552 g/mol. The van der Waals surface area contributed by atoms with E-state index in [1.165, 1.54) is 53.1 Å². The average molecular weight is 552 g/mol. The molecule has 40 heavy (non-hydrogen) atoms. The van der Waals surface area contributed by atoms with Crippen LogP contribution in [0.2, 0.25) is 0 Å². The lowest BCUT2D eigenvalue weighted by molar-refractivity contribution is -0.274. The number of imidazole rings is 1. The smallest absolute Gasteiger partial charge is 0.481 e. The Balaban J connectivity index is 1.62. The van der Waals surface area contributed by atoms with Crippen LogP contribution < -0.4 is 21.2 Å². The van der Waals surface area contributed by atoms with Crippen LogP contribution in [0.1, 0.15) is 16.8 Å². The zero-order valence-electron chi connectivity index (χ0n) is 20.4. The number of benzene rings is 3. The van der Waals surface area contributed by atoms with Crippen molar-refractivity contribution in [2.24, 2.45) is 5.73 Å². The Bertz CT molecular complexity index is 1830. The number of aryl methyl sites for hydroxylation is 1. The van der Waals surface area contributed by atoms with Crippen LogP contribution in [-0.4, -0.2) is 32.9 Å². The van der Waals surface area contributed by atoms with Crippen LogP contribution in [0, 0.1) is 0 Å². The highest BCUT2D eigenvalue weighted by molar-refractivity contribution is 5.95. The summed E-state index contributed by atoms with van der Waals surface area (Å²) in [6.07, 6.45) is -5.27. The van der Waals surface area contributed by atoms with Crippen LogP contribution in [0.3, 0.4) is 0 Å². The van der Waals surface area contributed by atoms with Crippen molar-refractivity contribution in [3.63, 3.8) is 0 Å². The Morgan fingerprint density at radius 3 is 2.48 bits per heavy atom. The molecule has 0 saturated heterocycles. The summed E-state index contributed by atoms with van der Waals surface area (Å²) in [5, 5.41) is 12.2. The van der Waals surface area contributed by atoms with Gasteiger partial charge in [0.25, 0.3) is 0 Å². The normalized spacial score (nSPS) is 11.6. The van der Waals surface area contributed by atoms with Gasteiger partial charge in [0.15, 0.2) is 11.2 Å². The van der Waals surface area contributed by atoms with Gasteiger partial charge in [-0.15, -0.1) is 13.2 Å². The molecule has 5 rings (SSSR count). The molecular formula is C27H19F3N4O6. The standard InChI is InChI=1S/C27H19F3N4O6/c28-27(29,30)40-21-4-2-1-3-17(21)32-26-33-18-11-16-20(35)13-22(14-5-7-15(8-6-14)25(31)38)39-23(16)12-19(18)34(26)10-9-24(36)37/h1-8,11-13H,9-10H2,(H2,31,38)(H,32,33)(H,36,37). The zero-order valence-corrected chi connectivity index (χ0v) is 20.4. The van der Waals surface area contributed by atoms with Crippen LogP contribution in [0.4, 0.5) is 24.8 Å². The number of carboxylic acids is 1. The van der Waals surface area contributed by atoms with Gasteiger partial charge in [-0.3, -0.25) is 14.4 Å². The third-order valence-electron chi connectivity index (χ3n) is 5.96. The van der Waals surface area contributed by atoms with E-state index >= 15 is 0 Å². The molecule has 0 aliphatic carbocycles. The Morgan fingerprint density at radius 1 is 1.07 bits per heavy atom. The summed E-state index contributed by atoms with van der Waals surface area (Å²) in [5.74, 6) is -2.00. The van der Waals surface area contributed by atoms with Crippen molar-refractivity contribution in [1.82, 2.24) is 9.55 Å². The first-order valence-corrected chi connectivity index (χ1v) is 11.7. The number of fused-ring (bicyclic) bond motifs is 2. The molecule has 1 amide bonds. The second kappa shape index (κ2) is 10.1. The summed E-state index contributed by atoms with van der Waals surface area (Å²) in [6.45, 7) is -0.0968. The second-order valence-corrected chi connectivity index (χ2v) is 8.65. The summed E-state index contributed by atoms with van der Waals surface area (Å²) >= 11 is 0. The van der Waals surface area contributed by atoms with E-state index in [-0.39, 0.29) is 52.4 Å². The molecule has 5 aromatic rings. The third kappa shape index (κ3) is 5.43. The van der Waals surface area contributed by atoms with E-state index in [2.05, 4.69) is 15.0 Å². The molecule has 0 unspecified atom stereocenters. The van der Waals surface area contributed by atoms with Crippen molar-refractivity contribution in [2.75, 3.05) is 5.32 Å². The topological polar surface area (TPSA) is 150 Å². The third-order valence-corrected chi connectivity index (χ3v) is 5.96. The summed E-state index contributed by atoms with van der Waals surface area (Å²) in [4.78, 5) is 40.1. The lowest BCUT2D eigenvalue weighted by Crippen LogP contribution is -2.18. The number of carboxylic acid groups (broad SMARTS) is 1. The van der Waals surface area contributed by atoms with E-state index in [0.717, 1.165) is 6.07 Å². The summed E-state index contributed by atoms with van der Waals surface area (Å²) in [5.41, 5.74) is 6.42. The number of hydrogen-bond donors (Lipinski definition) is 3. The molecule has 204 valence electrons. The first kappa shape index (κ1) is 26.3. The molecule has 13 heteroatoms. The lowest BCUT2D eigenvalue weighted by atomic mass is 10.1. The number of anilines is 2. The maximum Gasteiger partial charge on any atom is 0.573 e. The SMILES string of the molecule is NC(=O)c1ccc(-c2cc(=O)c3cc4nc(Nc5ccccc5OC(F)(F)F)n(CCC(=O)O)c4cc3o2)cc1. The molecule has 3 aromatic carbocycles. The van der Waals surface area contributed by atoms with Gasteiger partial charge in [-0.1, -0.05) is 24.3 Å². The Hall–Kier alpha value is -5.33. The van der Waals surface area contributed by atoms with Gasteiger partial charge >= 0.3 is 12.3 Å². The Kier molecular flexibility index (Phi) is 6.63. The predicted octanol–water partition coefficient (Wildman–Crippen LogP) is 5.03. The van der Waals surface area contributed by atoms with E-state index in [0.29, 0.717) is 11.1 Å². The van der Waals surface area contributed by atoms with E-state index in [1.54, 1.807) is 12.1 Å². The molecule has 0 bridgehead atoms. The predicted molar refractivity (Wildman–Crippen MR) is 138 cm³/mol. The van der Waals surface area contributed by atoms with E-state index in [4.69, 9.17) is 10.2 Å². The molecule has 10 nitrogen and oxygen atoms in total. The van der Waals surface area contributed by atoms with Crippen molar-refractivity contribution in [1.29, 1.82) is 0 Å². The van der Waals surface area contributed by atoms with Gasteiger partial charge in [-0.05, 0) is 30.3 Å². The first-order valence-electron chi connectivity index (χ1n) is 11.7. The number of ether oxygens (including phenoxy) is 1. The van der Waals surface area contributed by atoms with Gasteiger partial charge in [0.1, 0.15) is 11.3 Å². The number of halogens is 3. The summed E-state index contributed by atoms with van der Waals surface area (Å²) < 4.78 is 50.3. The van der Waals surface area contributed by atoms with Crippen LogP contribution in [0.25, 0.3) is 33.3 Å². The number of hydrogen-bond acceptors (Lipinski definition) is 7. The van der Waals surface area contributed by atoms with Crippen molar-refractivity contribution in [2.45, 2.75) is 19.3 Å². The highest BCUT2D eigenvalue weighted by Crippen LogP contribution is 2.34. The molecule has 2 heterocycles. The van der Waals surface area contributed by atoms with E-state index in [1.807, 2.05) is 0 Å². The number of nitrogens with zero attached hydrogens (tertiary/aromatic N) is 2. The summed E-state index contributed by atoms with van der Waals surface area (Å²) in [6, 6.07) is 15.7. The van der Waals surface area contributed by atoms with Gasteiger partial charge in [0.05, 0.1) is 28.5 Å². The number of nitrogens with two attached hydrogens (primary N) is 1. The van der Waals surface area contributed by atoms with Crippen molar-refractivity contribution in [3.8, 4) is 17.1 Å². The highest BCUT2D eigenvalue weighted by atomic mass is 19.4. The van der Waals surface area contributed by atoms with Gasteiger partial charge in [-0.2, -0.15) is 0 Å². The number of para-hydroxylation sites is 2. The number of carbonyl (C=O) groups is 2. The molecule has 0 saturated carbocycles. The molecular weight excluding hydrogens is 533 g/mol. The molecule has 0 aliphatic rings. The van der Waals surface area contributed by atoms with Gasteiger partial charge in [-0.25, -0.2) is 4.98 Å². The minimum Gasteiger partial charge on any atom is -0.481 e. The Labute approximate surface area is 222 Å². The highest BCUT2D eigenvalue weighted by Gasteiger charge is 2.32. The largest absolute Gasteiger partial charge is 0.573 e. The van der Waals surface area contributed by atoms with E-state index < -0.39 is 29.4 Å². The van der Waals surface area contributed by atoms with Gasteiger partial charge < -0.3 is 29.9 Å². The maximum absolute atomic E-state index is 13.0. The first-order chi connectivity index (χ1) is 19.0. The van der Waals surface area contributed by atoms with Crippen LogP contribution in [0.15, 0.2) is 75.9 Å². The minimum atomic E-state index is -4.94. The second-order valence-electron chi connectivity index (χ2n) is 8.65. The van der Waals surface area contributed by atoms with E-state index in [9.17, 15) is 32.7 Å². The van der Waals surface area contributed by atoms with Crippen molar-refractivity contribution < 1.29 is 37.0 Å². The molecule has 0 fully saturated rings. The molecule has 0 atom stereocenters. The summed E-state index contributed by atoms with van der Waals surface area (Å²) in [7, 11) is 0. The van der Waals surface area contributed by atoms with Crippen LogP contribution in [-0.2, 0) is 11.3 Å². The van der Waals surface area contributed by atoms with Crippen LogP contribution >= 0.6 is 0 Å². The fourth-order valence-electron chi connectivity index (χ4n) is 4.15. The number of aliphatic carboxylic acids is 1. The number of aromatic nitrogens is 2. The number of alkyl halides is 3. The maximum atomic E-state index is 13.0. The van der Waals surface area contributed by atoms with Crippen molar-refractivity contribution >= 4 is 45.5 Å². The molecule has 0 aliphatic heterocycles. The number of primary amides is 1. The fourth-order valence-corrected chi connectivity index (χ4v) is 4.15. The molecule has 4 N–H and O–H groups in total. The number of nitrogens with one attached hydrogen (secondary N) is 1. The lowest BCUT2D eigenvalue weighted by Gasteiger charge is -2.15. The molecule has 0 radical (unpaired) electrons. The number of amides is 1. The average Bonchev–Trinajstić information content (AvgIpc) is 3.22. The fraction of sp³-hybridized carbons (Fsp3) is 0.111. The Morgan fingerprint density at radius 2 is 1.80 bits per heavy atom. The van der Waals surface area contributed by atoms with Gasteiger partial charge in [0, 0.05) is 29.8 Å².